The number of aromatic hydroxyl groups is 2. The summed E-state index contributed by atoms with van der Waals surface area (Å²) in [5.74, 6) is 4.98. The van der Waals surface area contributed by atoms with Gasteiger partial charge in [-0.15, -0.1) is 0 Å². The zero-order valence-corrected chi connectivity index (χ0v) is 24.4. The molecule has 2 aromatic carbocycles. The van der Waals surface area contributed by atoms with Gasteiger partial charge in [-0.1, -0.05) is 26.0 Å². The second kappa shape index (κ2) is 9.76. The van der Waals surface area contributed by atoms with Gasteiger partial charge in [0.15, 0.2) is 0 Å². The van der Waals surface area contributed by atoms with Gasteiger partial charge < -0.3 is 20.4 Å². The van der Waals surface area contributed by atoms with Crippen molar-refractivity contribution < 1.29 is 20.4 Å². The highest BCUT2D eigenvalue weighted by Gasteiger charge is 2.55. The normalized spacial score (nSPS) is 42.7. The van der Waals surface area contributed by atoms with Gasteiger partial charge in [0, 0.05) is 0 Å². The second-order valence-electron chi connectivity index (χ2n) is 14.9. The van der Waals surface area contributed by atoms with E-state index in [1.165, 1.54) is 60.8 Å². The highest BCUT2D eigenvalue weighted by atomic mass is 16.3. The number of aliphatic hydroxyl groups is 2. The molecule has 0 bridgehead atoms. The van der Waals surface area contributed by atoms with Crippen molar-refractivity contribution in [3.63, 3.8) is 0 Å². The average Bonchev–Trinajstić information content (AvgIpc) is 3.43. The van der Waals surface area contributed by atoms with Gasteiger partial charge in [-0.3, -0.25) is 0 Å². The largest absolute Gasteiger partial charge is 0.508 e. The Morgan fingerprint density at radius 3 is 1.43 bits per heavy atom. The molecule has 2 aromatic rings. The number of fused-ring (bicyclic) bond motifs is 10. The van der Waals surface area contributed by atoms with Crippen molar-refractivity contribution >= 4 is 0 Å². The first-order chi connectivity index (χ1) is 19.2. The monoisotopic (exact) mass is 544 g/mol. The molecule has 10 atom stereocenters. The molecule has 1 unspecified atom stereocenters. The summed E-state index contributed by atoms with van der Waals surface area (Å²) in [4.78, 5) is 0. The van der Waals surface area contributed by atoms with Crippen LogP contribution in [0.15, 0.2) is 36.4 Å². The van der Waals surface area contributed by atoms with Gasteiger partial charge in [-0.2, -0.15) is 0 Å². The first-order valence-corrected chi connectivity index (χ1v) is 16.2. The zero-order chi connectivity index (χ0) is 27.8. The number of benzene rings is 2. The Hall–Kier alpha value is -2.04. The van der Waals surface area contributed by atoms with Gasteiger partial charge in [0.1, 0.15) is 11.5 Å². The van der Waals surface area contributed by atoms with Crippen molar-refractivity contribution in [1.29, 1.82) is 0 Å². The van der Waals surface area contributed by atoms with Gasteiger partial charge in [0.05, 0.1) is 12.2 Å². The van der Waals surface area contributed by atoms with E-state index in [0.29, 0.717) is 35.2 Å². The molecule has 216 valence electrons. The molecule has 8 rings (SSSR count). The van der Waals surface area contributed by atoms with Crippen LogP contribution in [0.1, 0.15) is 112 Å². The first-order valence-electron chi connectivity index (χ1n) is 16.2. The molecular weight excluding hydrogens is 496 g/mol. The molecule has 0 saturated heterocycles. The molecule has 4 heteroatoms. The van der Waals surface area contributed by atoms with Gasteiger partial charge in [0.25, 0.3) is 0 Å². The molecule has 6 aliphatic rings. The molecule has 0 heterocycles. The Labute approximate surface area is 239 Å². The lowest BCUT2D eigenvalue weighted by atomic mass is 9.55. The van der Waals surface area contributed by atoms with E-state index in [2.05, 4.69) is 26.0 Å². The molecule has 4 N–H and O–H groups in total. The molecule has 40 heavy (non-hydrogen) atoms. The number of hydrogen-bond acceptors (Lipinski definition) is 4. The van der Waals surface area contributed by atoms with E-state index in [-0.39, 0.29) is 23.0 Å². The van der Waals surface area contributed by atoms with E-state index >= 15 is 0 Å². The van der Waals surface area contributed by atoms with Crippen LogP contribution in [0, 0.1) is 34.5 Å². The van der Waals surface area contributed by atoms with Crippen molar-refractivity contribution in [3.05, 3.63) is 58.7 Å². The lowest BCUT2D eigenvalue weighted by molar-refractivity contribution is -0.0226. The molecule has 4 nitrogen and oxygen atoms in total. The lowest BCUT2D eigenvalue weighted by Crippen LogP contribution is -2.43. The smallest absolute Gasteiger partial charge is 0.115 e. The number of rotatable bonds is 0. The Balaban J connectivity index is 0.000000132. The zero-order valence-electron chi connectivity index (χ0n) is 24.4. The summed E-state index contributed by atoms with van der Waals surface area (Å²) in [7, 11) is 0. The fourth-order valence-corrected chi connectivity index (χ4v) is 11.1. The maximum Gasteiger partial charge on any atom is 0.115 e. The second-order valence-corrected chi connectivity index (χ2v) is 14.9. The Kier molecular flexibility index (Phi) is 6.55. The summed E-state index contributed by atoms with van der Waals surface area (Å²) in [6, 6.07) is 11.9. The molecule has 0 aromatic heterocycles. The van der Waals surface area contributed by atoms with Crippen molar-refractivity contribution in [2.45, 2.75) is 115 Å². The average molecular weight is 545 g/mol. The summed E-state index contributed by atoms with van der Waals surface area (Å²) in [5, 5.41) is 40.1. The van der Waals surface area contributed by atoms with Crippen LogP contribution in [-0.4, -0.2) is 32.6 Å². The van der Waals surface area contributed by atoms with Gasteiger partial charge in [-0.25, -0.2) is 0 Å². The molecular formula is C36H48O4. The van der Waals surface area contributed by atoms with Crippen LogP contribution >= 0.6 is 0 Å². The highest BCUT2D eigenvalue weighted by molar-refractivity contribution is 5.41. The fourth-order valence-electron chi connectivity index (χ4n) is 11.1. The van der Waals surface area contributed by atoms with E-state index in [1.807, 2.05) is 24.3 Å². The Bertz CT molecular complexity index is 1170. The minimum atomic E-state index is -0.0883. The predicted octanol–water partition coefficient (Wildman–Crippen LogP) is 7.22. The lowest BCUT2D eigenvalue weighted by Gasteiger charge is -2.50. The van der Waals surface area contributed by atoms with Crippen LogP contribution in [0.25, 0.3) is 0 Å². The third-order valence-electron chi connectivity index (χ3n) is 13.3. The minimum Gasteiger partial charge on any atom is -0.508 e. The molecule has 0 amide bonds. The topological polar surface area (TPSA) is 80.9 Å². The molecule has 4 fully saturated rings. The number of hydrogen-bond donors (Lipinski definition) is 4. The van der Waals surface area contributed by atoms with Crippen LogP contribution in [0.4, 0.5) is 0 Å². The molecule has 4 saturated carbocycles. The third kappa shape index (κ3) is 4.07. The number of phenols is 2. The summed E-state index contributed by atoms with van der Waals surface area (Å²) in [6.45, 7) is 4.63. The van der Waals surface area contributed by atoms with E-state index < -0.39 is 0 Å². The van der Waals surface area contributed by atoms with Crippen molar-refractivity contribution in [1.82, 2.24) is 0 Å². The maximum atomic E-state index is 10.4. The SMILES string of the molecule is C[C@]12CC[C@@H]3c4ccc(O)cc4CC[C@H]3[C@@H]1CCC2O.C[C@]12CC[C@@H]3c4ccc(O)cc4CC[C@H]3[C@@H]1CC[C@H]2O. The Morgan fingerprint density at radius 2 is 1.00 bits per heavy atom. The van der Waals surface area contributed by atoms with Gasteiger partial charge in [0.2, 0.25) is 0 Å². The van der Waals surface area contributed by atoms with Crippen LogP contribution in [0.2, 0.25) is 0 Å². The van der Waals surface area contributed by atoms with Crippen molar-refractivity contribution in [2.75, 3.05) is 0 Å². The number of phenolic OH excluding ortho intramolecular Hbond substituents is 2. The van der Waals surface area contributed by atoms with E-state index in [1.54, 1.807) is 0 Å². The van der Waals surface area contributed by atoms with Crippen molar-refractivity contribution in [2.24, 2.45) is 34.5 Å². The standard InChI is InChI=1S/2C18H24O2/c2*1-18-9-8-14-13-5-3-12(19)10-11(13)2-4-15(14)16(18)6-7-17(18)20/h2*3,5,10,14-17,19-20H,2,4,6-9H2,1H3/t14-,15-,16+,17?,18+;14-,15-,16+,17-,18+/m11/s1. The van der Waals surface area contributed by atoms with E-state index in [0.717, 1.165) is 50.4 Å². The van der Waals surface area contributed by atoms with Crippen molar-refractivity contribution in [3.8, 4) is 11.5 Å². The van der Waals surface area contributed by atoms with E-state index in [9.17, 15) is 20.4 Å². The Morgan fingerprint density at radius 1 is 0.575 bits per heavy atom. The number of aryl methyl sites for hydroxylation is 2. The van der Waals surface area contributed by atoms with Crippen LogP contribution < -0.4 is 0 Å². The summed E-state index contributed by atoms with van der Waals surface area (Å²) in [6.07, 6.45) is 13.6. The minimum absolute atomic E-state index is 0.0883. The molecule has 0 radical (unpaired) electrons. The quantitative estimate of drug-likeness (QED) is 0.282. The highest BCUT2D eigenvalue weighted by Crippen LogP contribution is 2.62. The molecule has 0 aliphatic heterocycles. The van der Waals surface area contributed by atoms with Crippen LogP contribution in [-0.2, 0) is 12.8 Å². The van der Waals surface area contributed by atoms with Crippen LogP contribution in [0.3, 0.4) is 0 Å². The summed E-state index contributed by atoms with van der Waals surface area (Å²) >= 11 is 0. The third-order valence-corrected chi connectivity index (χ3v) is 13.3. The number of aliphatic hydroxyl groups excluding tert-OH is 2. The maximum absolute atomic E-state index is 10.4. The molecule has 0 spiro atoms. The fraction of sp³-hybridized carbons (Fsp3) is 0.667. The van der Waals surface area contributed by atoms with E-state index in [4.69, 9.17) is 0 Å². The summed E-state index contributed by atoms with van der Waals surface area (Å²) < 4.78 is 0. The van der Waals surface area contributed by atoms with Crippen LogP contribution in [0.5, 0.6) is 11.5 Å². The summed E-state index contributed by atoms with van der Waals surface area (Å²) in [5.41, 5.74) is 5.98. The van der Waals surface area contributed by atoms with Gasteiger partial charge >= 0.3 is 0 Å². The first kappa shape index (κ1) is 26.8. The predicted molar refractivity (Wildman–Crippen MR) is 157 cm³/mol. The van der Waals surface area contributed by atoms with Gasteiger partial charge in [-0.05, 0) is 170 Å². The molecule has 6 aliphatic carbocycles.